The first-order valence-electron chi connectivity index (χ1n) is 10.6. The Hall–Kier alpha value is -3.21. The molecule has 1 aliphatic rings. The fourth-order valence-corrected chi connectivity index (χ4v) is 7.54. The Morgan fingerprint density at radius 1 is 0.912 bits per heavy atom. The van der Waals surface area contributed by atoms with Crippen molar-refractivity contribution in [1.29, 1.82) is 0 Å². The number of nitrogens with zero attached hydrogens (tertiary/aromatic N) is 2. The number of anilines is 1. The highest BCUT2D eigenvalue weighted by molar-refractivity contribution is 7.93. The molecule has 1 heterocycles. The Morgan fingerprint density at radius 2 is 1.47 bits per heavy atom. The minimum absolute atomic E-state index is 0.0278. The van der Waals surface area contributed by atoms with Crippen LogP contribution in [0.3, 0.4) is 0 Å². The number of primary amides is 1. The van der Waals surface area contributed by atoms with Gasteiger partial charge in [-0.2, -0.15) is 8.42 Å². The molecule has 8 nitrogen and oxygen atoms in total. The van der Waals surface area contributed by atoms with Crippen LogP contribution >= 0.6 is 0 Å². The summed E-state index contributed by atoms with van der Waals surface area (Å²) < 4.78 is 55.0. The van der Waals surface area contributed by atoms with E-state index in [9.17, 15) is 21.6 Å². The molecule has 0 fully saturated rings. The predicted molar refractivity (Wildman–Crippen MR) is 130 cm³/mol. The van der Waals surface area contributed by atoms with Gasteiger partial charge in [0.05, 0.1) is 4.90 Å². The van der Waals surface area contributed by atoms with Crippen LogP contribution in [0.5, 0.6) is 0 Å². The monoisotopic (exact) mass is 499 g/mol. The minimum atomic E-state index is -4.39. The van der Waals surface area contributed by atoms with Crippen LogP contribution < -0.4 is 13.9 Å². The van der Waals surface area contributed by atoms with Crippen LogP contribution in [0, 0.1) is 19.9 Å². The summed E-state index contributed by atoms with van der Waals surface area (Å²) in [4.78, 5) is 13.0. The number of aryl methyl sites for hydroxylation is 2. The van der Waals surface area contributed by atoms with Crippen molar-refractivity contribution < 1.29 is 21.6 Å². The van der Waals surface area contributed by atoms with Gasteiger partial charge in [-0.15, -0.1) is 0 Å². The van der Waals surface area contributed by atoms with Gasteiger partial charge >= 0.3 is 16.1 Å². The van der Waals surface area contributed by atoms with Gasteiger partial charge in [-0.1, -0.05) is 39.3 Å². The molecule has 3 aromatic rings. The summed E-state index contributed by atoms with van der Waals surface area (Å²) in [5, 5.41) is 0. The van der Waals surface area contributed by atoms with E-state index in [0.29, 0.717) is 0 Å². The first-order chi connectivity index (χ1) is 16.0. The van der Waals surface area contributed by atoms with Crippen molar-refractivity contribution in [3.05, 3.63) is 83.9 Å². The number of carbonyl (C=O) groups excluding carboxylic acids is 1. The van der Waals surface area contributed by atoms with Crippen LogP contribution in [0.4, 0.5) is 16.2 Å². The third-order valence-corrected chi connectivity index (χ3v) is 10.1. The number of rotatable bonds is 4. The first kappa shape index (κ1) is 23.9. The van der Waals surface area contributed by atoms with Crippen LogP contribution in [-0.2, 0) is 20.0 Å². The number of sulfonamides is 2. The smallest absolute Gasteiger partial charge is 0.318 e. The van der Waals surface area contributed by atoms with Gasteiger partial charge in [-0.3, -0.25) is 4.31 Å². The van der Waals surface area contributed by atoms with Crippen LogP contribution in [0.15, 0.2) is 76.5 Å². The van der Waals surface area contributed by atoms with Crippen LogP contribution in [-0.4, -0.2) is 36.0 Å². The lowest BCUT2D eigenvalue weighted by Crippen LogP contribution is -2.61. The Labute approximate surface area is 199 Å². The van der Waals surface area contributed by atoms with Crippen molar-refractivity contribution in [2.75, 3.05) is 17.4 Å². The summed E-state index contributed by atoms with van der Waals surface area (Å²) in [6.07, 6.45) is 0.0772. The zero-order valence-electron chi connectivity index (χ0n) is 18.8. The summed E-state index contributed by atoms with van der Waals surface area (Å²) in [6.45, 7) is 3.42. The second-order valence-electron chi connectivity index (χ2n) is 8.25. The molecule has 34 heavy (non-hydrogen) atoms. The molecular weight excluding hydrogens is 474 g/mol. The van der Waals surface area contributed by atoms with Gasteiger partial charge in [0.25, 0.3) is 10.0 Å². The molecule has 1 radical (unpaired) electrons. The second kappa shape index (κ2) is 8.53. The van der Waals surface area contributed by atoms with E-state index in [-0.39, 0.29) is 40.7 Å². The Balaban J connectivity index is 1.96. The van der Waals surface area contributed by atoms with Crippen molar-refractivity contribution in [1.82, 2.24) is 3.89 Å². The summed E-state index contributed by atoms with van der Waals surface area (Å²) in [5.74, 6) is 0. The summed E-state index contributed by atoms with van der Waals surface area (Å²) in [5.41, 5.74) is 7.57. The average molecular weight is 500 g/mol. The molecule has 2 N–H and O–H groups in total. The Bertz CT molecular complexity index is 1450. The van der Waals surface area contributed by atoms with Crippen molar-refractivity contribution in [2.45, 2.75) is 30.1 Å². The Morgan fingerprint density at radius 3 is 2.03 bits per heavy atom. The highest BCUT2D eigenvalue weighted by Gasteiger charge is 2.54. The maximum Gasteiger partial charge on any atom is 0.434 e. The van der Waals surface area contributed by atoms with Crippen LogP contribution in [0.1, 0.15) is 17.5 Å². The van der Waals surface area contributed by atoms with Gasteiger partial charge in [-0.25, -0.2) is 13.2 Å². The molecule has 2 amide bonds. The zero-order chi connectivity index (χ0) is 24.7. The molecule has 3 aromatic carbocycles. The second-order valence-corrected chi connectivity index (χ2v) is 12.2. The lowest BCUT2D eigenvalue weighted by Gasteiger charge is -2.32. The van der Waals surface area contributed by atoms with Gasteiger partial charge in [0.2, 0.25) is 0 Å². The average Bonchev–Trinajstić information content (AvgIpc) is 2.98. The number of amides is 2. The lowest BCUT2D eigenvalue weighted by molar-refractivity contribution is 0.232. The third-order valence-electron chi connectivity index (χ3n) is 6.01. The van der Waals surface area contributed by atoms with E-state index in [1.807, 2.05) is 13.8 Å². The summed E-state index contributed by atoms with van der Waals surface area (Å²) in [7, 11) is -8.44. The molecule has 0 aliphatic carbocycles. The number of benzene rings is 3. The molecule has 4 rings (SSSR count). The van der Waals surface area contributed by atoms with Crippen molar-refractivity contribution in [3.8, 4) is 0 Å². The molecule has 1 aliphatic heterocycles. The molecule has 0 aromatic heterocycles. The maximum atomic E-state index is 13.9. The van der Waals surface area contributed by atoms with Gasteiger partial charge < -0.3 is 5.73 Å². The van der Waals surface area contributed by atoms with E-state index in [1.54, 1.807) is 24.3 Å². The molecule has 0 saturated heterocycles. The van der Waals surface area contributed by atoms with Crippen LogP contribution in [0.25, 0.3) is 0 Å². The highest BCUT2D eigenvalue weighted by atomic mass is 32.2. The summed E-state index contributed by atoms with van der Waals surface area (Å²) >= 11 is 0. The van der Waals surface area contributed by atoms with Gasteiger partial charge in [0.15, 0.2) is 5.69 Å². The van der Waals surface area contributed by atoms with E-state index >= 15 is 0 Å². The van der Waals surface area contributed by atoms with Crippen molar-refractivity contribution in [3.63, 3.8) is 0 Å². The number of fused-ring (bicyclic) bond motifs is 1. The van der Waals surface area contributed by atoms with Crippen LogP contribution in [0.2, 0.25) is 0 Å². The zero-order valence-corrected chi connectivity index (χ0v) is 20.4. The van der Waals surface area contributed by atoms with E-state index < -0.39 is 30.0 Å². The van der Waals surface area contributed by atoms with Crippen molar-refractivity contribution >= 4 is 37.5 Å². The van der Waals surface area contributed by atoms with Gasteiger partial charge in [0, 0.05) is 19.0 Å². The molecule has 0 bridgehead atoms. The van der Waals surface area contributed by atoms with Gasteiger partial charge in [-0.05, 0) is 56.3 Å². The number of hydrogen-bond donors (Lipinski definition) is 1. The number of nitrogens with two attached hydrogens (primary N) is 1. The SMILES string of the molecule is Cc1ccc(S(=O)(=O)N2CCC[N+](C(N)=O)(S(=O)(=O)c3ccc(C)cc3)c3cc[c]cc32)cc1. The normalized spacial score (nSPS) is 18.7. The molecule has 1 atom stereocenters. The molecule has 177 valence electrons. The number of hydrogen-bond acceptors (Lipinski definition) is 5. The molecule has 10 heteroatoms. The molecule has 0 saturated carbocycles. The minimum Gasteiger partial charge on any atom is -0.318 e. The van der Waals surface area contributed by atoms with E-state index in [2.05, 4.69) is 6.07 Å². The lowest BCUT2D eigenvalue weighted by atomic mass is 10.2. The topological polar surface area (TPSA) is 115 Å². The molecular formula is C24H25N3O5S2+. The van der Waals surface area contributed by atoms with E-state index in [4.69, 9.17) is 5.73 Å². The number of carbonyl (C=O) groups is 1. The maximum absolute atomic E-state index is 13.9. The van der Waals surface area contributed by atoms with E-state index in [1.165, 1.54) is 42.5 Å². The first-order valence-corrected chi connectivity index (χ1v) is 13.5. The highest BCUT2D eigenvalue weighted by Crippen LogP contribution is 2.43. The third kappa shape index (κ3) is 3.67. The number of urea groups is 1. The van der Waals surface area contributed by atoms with Crippen molar-refractivity contribution in [2.24, 2.45) is 5.73 Å². The Kier molecular flexibility index (Phi) is 6.01. The predicted octanol–water partition coefficient (Wildman–Crippen LogP) is 3.48. The largest absolute Gasteiger partial charge is 0.434 e. The summed E-state index contributed by atoms with van der Waals surface area (Å²) in [6, 6.07) is 18.4. The van der Waals surface area contributed by atoms with E-state index in [0.717, 1.165) is 15.4 Å². The van der Waals surface area contributed by atoms with Gasteiger partial charge in [0.1, 0.15) is 17.1 Å². The quantitative estimate of drug-likeness (QED) is 0.552. The fourth-order valence-electron chi connectivity index (χ4n) is 4.17. The standard InChI is InChI=1S/C24H24N3O5S2/c1-18-8-12-20(13-9-18)33(29,30)26-16-5-17-27(24(25)28,23-7-4-3-6-22(23)26)34(31,32)21-14-10-19(2)11-15-21/h4,6-15H,5,16-17H2,1-2H3,(H-,25,28)/p+1. The number of quaternary nitrogens is 1. The fraction of sp³-hybridized carbons (Fsp3) is 0.208. The molecule has 0 spiro atoms. The molecule has 1 unspecified atom stereocenters.